The average molecular weight is 470 g/mol. The van der Waals surface area contributed by atoms with Crippen LogP contribution >= 0.6 is 11.3 Å². The molecule has 0 N–H and O–H groups in total. The molecule has 2 fully saturated rings. The van der Waals surface area contributed by atoms with E-state index in [2.05, 4.69) is 0 Å². The first-order valence-corrected chi connectivity index (χ1v) is 12.9. The van der Waals surface area contributed by atoms with Gasteiger partial charge in [0, 0.05) is 44.5 Å². The van der Waals surface area contributed by atoms with E-state index in [4.69, 9.17) is 0 Å². The third-order valence-electron chi connectivity index (χ3n) is 6.17. The van der Waals surface area contributed by atoms with Gasteiger partial charge in [-0.05, 0) is 22.9 Å². The molecule has 3 heterocycles. The van der Waals surface area contributed by atoms with Gasteiger partial charge in [-0.1, -0.05) is 42.5 Å². The molecule has 7 nitrogen and oxygen atoms in total. The van der Waals surface area contributed by atoms with Crippen molar-refractivity contribution in [1.82, 2.24) is 9.21 Å². The molecule has 2 aliphatic heterocycles. The summed E-state index contributed by atoms with van der Waals surface area (Å²) in [6.07, 6.45) is 0.176. The Labute approximate surface area is 190 Å². The quantitative estimate of drug-likeness (QED) is 0.589. The lowest BCUT2D eigenvalue weighted by Crippen LogP contribution is -2.52. The Hall–Kier alpha value is -2.75. The Morgan fingerprint density at radius 2 is 1.69 bits per heavy atom. The third-order valence-corrected chi connectivity index (χ3v) is 9.44. The van der Waals surface area contributed by atoms with Crippen LogP contribution in [0.15, 0.2) is 64.2 Å². The molecule has 2 aliphatic rings. The highest BCUT2D eigenvalue weighted by Crippen LogP contribution is 2.32. The maximum absolute atomic E-state index is 13.2. The number of hydrogen-bond donors (Lipinski definition) is 0. The minimum Gasteiger partial charge on any atom is -0.340 e. The second-order valence-corrected chi connectivity index (χ2v) is 11.2. The topological polar surface area (TPSA) is 78.0 Å². The highest BCUT2D eigenvalue weighted by Gasteiger charge is 2.39. The van der Waals surface area contributed by atoms with E-state index < -0.39 is 15.9 Å². The van der Waals surface area contributed by atoms with Crippen molar-refractivity contribution >= 4 is 49.6 Å². The number of piperazine rings is 1. The zero-order valence-electron chi connectivity index (χ0n) is 17.4. The van der Waals surface area contributed by atoms with E-state index in [1.54, 1.807) is 27.3 Å². The minimum absolute atomic E-state index is 0.0568. The summed E-state index contributed by atoms with van der Waals surface area (Å²) in [5.41, 5.74) is 0.829. The van der Waals surface area contributed by atoms with Crippen molar-refractivity contribution in [3.63, 3.8) is 0 Å². The highest BCUT2D eigenvalue weighted by molar-refractivity contribution is 7.91. The fourth-order valence-electron chi connectivity index (χ4n) is 4.49. The van der Waals surface area contributed by atoms with E-state index >= 15 is 0 Å². The molecule has 1 aromatic heterocycles. The number of rotatable bonds is 4. The van der Waals surface area contributed by atoms with Crippen LogP contribution in [0.5, 0.6) is 0 Å². The number of anilines is 1. The van der Waals surface area contributed by atoms with Gasteiger partial charge in [-0.3, -0.25) is 9.59 Å². The molecule has 0 radical (unpaired) electrons. The van der Waals surface area contributed by atoms with Gasteiger partial charge in [-0.25, -0.2) is 8.42 Å². The largest absolute Gasteiger partial charge is 0.340 e. The summed E-state index contributed by atoms with van der Waals surface area (Å²) in [5, 5.41) is 3.78. The third kappa shape index (κ3) is 3.70. The molecule has 0 aliphatic carbocycles. The normalized spacial score (nSPS) is 20.2. The molecule has 3 aromatic rings. The number of sulfonamides is 1. The van der Waals surface area contributed by atoms with Crippen molar-refractivity contribution in [3.8, 4) is 0 Å². The van der Waals surface area contributed by atoms with Gasteiger partial charge in [0.2, 0.25) is 11.8 Å². The molecular weight excluding hydrogens is 446 g/mol. The van der Waals surface area contributed by atoms with Gasteiger partial charge in [-0.2, -0.15) is 4.31 Å². The van der Waals surface area contributed by atoms with Crippen LogP contribution in [0.3, 0.4) is 0 Å². The fraction of sp³-hybridized carbons (Fsp3) is 0.304. The molecule has 2 amide bonds. The Kier molecular flexibility index (Phi) is 5.48. The monoisotopic (exact) mass is 469 g/mol. The summed E-state index contributed by atoms with van der Waals surface area (Å²) < 4.78 is 27.2. The van der Waals surface area contributed by atoms with Gasteiger partial charge in [0.05, 0.1) is 11.6 Å². The van der Waals surface area contributed by atoms with Crippen LogP contribution < -0.4 is 4.90 Å². The smallest absolute Gasteiger partial charge is 0.252 e. The number of hydrogen-bond acceptors (Lipinski definition) is 5. The predicted molar refractivity (Wildman–Crippen MR) is 124 cm³/mol. The number of fused-ring (bicyclic) bond motifs is 1. The number of nitrogens with zero attached hydrogens (tertiary/aromatic N) is 3. The van der Waals surface area contributed by atoms with Gasteiger partial charge in [-0.15, -0.1) is 11.3 Å². The molecular formula is C23H23N3O4S2. The van der Waals surface area contributed by atoms with Gasteiger partial charge in [0.15, 0.2) is 0 Å². The fourth-order valence-corrected chi connectivity index (χ4v) is 7.06. The second-order valence-electron chi connectivity index (χ2n) is 8.07. The number of carbonyl (C=O) groups excluding carboxylic acids is 2. The lowest BCUT2D eigenvalue weighted by atomic mass is 10.1. The summed E-state index contributed by atoms with van der Waals surface area (Å²) in [6, 6.07) is 17.1. The van der Waals surface area contributed by atoms with E-state index in [1.807, 2.05) is 42.5 Å². The second kappa shape index (κ2) is 8.31. The van der Waals surface area contributed by atoms with Crippen LogP contribution in [0.4, 0.5) is 5.69 Å². The van der Waals surface area contributed by atoms with Gasteiger partial charge >= 0.3 is 0 Å². The zero-order chi connectivity index (χ0) is 22.3. The molecule has 5 rings (SSSR count). The summed E-state index contributed by atoms with van der Waals surface area (Å²) in [4.78, 5) is 29.4. The van der Waals surface area contributed by atoms with Crippen LogP contribution in [0.25, 0.3) is 10.8 Å². The molecule has 0 bridgehead atoms. The van der Waals surface area contributed by atoms with E-state index in [0.717, 1.165) is 16.5 Å². The van der Waals surface area contributed by atoms with E-state index in [9.17, 15) is 18.0 Å². The first-order valence-electron chi connectivity index (χ1n) is 10.6. The molecule has 32 heavy (non-hydrogen) atoms. The predicted octanol–water partition coefficient (Wildman–Crippen LogP) is 2.79. The lowest BCUT2D eigenvalue weighted by Gasteiger charge is -2.35. The molecule has 1 atom stereocenters. The van der Waals surface area contributed by atoms with Crippen molar-refractivity contribution in [2.75, 3.05) is 37.6 Å². The first-order chi connectivity index (χ1) is 15.4. The molecule has 9 heteroatoms. The van der Waals surface area contributed by atoms with Gasteiger partial charge in [0.25, 0.3) is 10.0 Å². The Balaban J connectivity index is 1.27. The van der Waals surface area contributed by atoms with Crippen LogP contribution in [0.1, 0.15) is 6.42 Å². The Morgan fingerprint density at radius 3 is 2.44 bits per heavy atom. The highest BCUT2D eigenvalue weighted by atomic mass is 32.2. The SMILES string of the molecule is O=C([C@@H]1CC(=O)N(c2cccc3ccccc23)C1)N1CCN(S(=O)(=O)c2cccs2)CC1. The lowest BCUT2D eigenvalue weighted by molar-refractivity contribution is -0.136. The van der Waals surface area contributed by atoms with Gasteiger partial charge < -0.3 is 9.80 Å². The standard InChI is InChI=1S/C23H23N3O4S2/c27-21-15-18(16-26(21)20-8-3-6-17-5-1-2-7-19(17)20)23(28)24-10-12-25(13-11-24)32(29,30)22-9-4-14-31-22/h1-9,14,18H,10-13,15-16H2/t18-/m1/s1. The molecule has 166 valence electrons. The number of amides is 2. The molecule has 0 saturated carbocycles. The molecule has 0 unspecified atom stereocenters. The van der Waals surface area contributed by atoms with Crippen molar-refractivity contribution in [2.24, 2.45) is 5.92 Å². The number of benzene rings is 2. The summed E-state index contributed by atoms with van der Waals surface area (Å²) >= 11 is 1.20. The minimum atomic E-state index is -3.51. The van der Waals surface area contributed by atoms with Crippen LogP contribution in [0.2, 0.25) is 0 Å². The summed E-state index contributed by atoms with van der Waals surface area (Å²) in [5.74, 6) is -0.546. The van der Waals surface area contributed by atoms with E-state index in [1.165, 1.54) is 15.6 Å². The molecule has 2 saturated heterocycles. The summed E-state index contributed by atoms with van der Waals surface area (Å²) in [6.45, 7) is 1.55. The average Bonchev–Trinajstić information content (AvgIpc) is 3.49. The van der Waals surface area contributed by atoms with Crippen LogP contribution in [-0.4, -0.2) is 62.2 Å². The van der Waals surface area contributed by atoms with E-state index in [-0.39, 0.29) is 31.3 Å². The van der Waals surface area contributed by atoms with Crippen LogP contribution in [-0.2, 0) is 19.6 Å². The summed E-state index contributed by atoms with van der Waals surface area (Å²) in [7, 11) is -3.51. The van der Waals surface area contributed by atoms with Crippen molar-refractivity contribution in [1.29, 1.82) is 0 Å². The van der Waals surface area contributed by atoms with Crippen molar-refractivity contribution in [3.05, 3.63) is 60.0 Å². The first kappa shape index (κ1) is 21.1. The number of carbonyl (C=O) groups is 2. The van der Waals surface area contributed by atoms with E-state index in [0.29, 0.717) is 23.8 Å². The zero-order valence-corrected chi connectivity index (χ0v) is 19.0. The maximum Gasteiger partial charge on any atom is 0.252 e. The molecule has 2 aromatic carbocycles. The van der Waals surface area contributed by atoms with Crippen molar-refractivity contribution in [2.45, 2.75) is 10.6 Å². The Morgan fingerprint density at radius 1 is 0.938 bits per heavy atom. The molecule has 0 spiro atoms. The number of thiophene rings is 1. The Bertz CT molecular complexity index is 1260. The van der Waals surface area contributed by atoms with Crippen LogP contribution in [0, 0.1) is 5.92 Å². The van der Waals surface area contributed by atoms with Crippen molar-refractivity contribution < 1.29 is 18.0 Å². The maximum atomic E-state index is 13.2. The van der Waals surface area contributed by atoms with Gasteiger partial charge in [0.1, 0.15) is 4.21 Å².